The van der Waals surface area contributed by atoms with Gasteiger partial charge >= 0.3 is 6.03 Å². The summed E-state index contributed by atoms with van der Waals surface area (Å²) in [6.07, 6.45) is 9.43. The number of allylic oxidation sites excluding steroid dienone is 1. The molecule has 2 aliphatic rings. The maximum atomic E-state index is 13.8. The molecule has 2 atom stereocenters. The van der Waals surface area contributed by atoms with Crippen LogP contribution < -0.4 is 50.7 Å². The number of nitrogens with two attached hydrogens (primary N) is 1. The minimum absolute atomic E-state index is 0.135. The number of urea groups is 1. The zero-order chi connectivity index (χ0) is 47.8. The fourth-order valence-corrected chi connectivity index (χ4v) is 7.85. The van der Waals surface area contributed by atoms with Gasteiger partial charge in [-0.1, -0.05) is 44.5 Å². The third kappa shape index (κ3) is 13.3. The molecule has 0 fully saturated rings. The van der Waals surface area contributed by atoms with Gasteiger partial charge in [-0.3, -0.25) is 28.9 Å². The molecule has 7 amide bonds. The van der Waals surface area contributed by atoms with Gasteiger partial charge in [0.05, 0.1) is 28.4 Å². The van der Waals surface area contributed by atoms with Crippen molar-refractivity contribution in [2.24, 2.45) is 11.7 Å². The summed E-state index contributed by atoms with van der Waals surface area (Å²) in [4.78, 5) is 76.4. The molecule has 1 aliphatic carbocycles. The van der Waals surface area contributed by atoms with E-state index in [1.54, 1.807) is 54.4 Å². The number of rotatable bonds is 24. The topological polar surface area (TPSA) is 226 Å². The van der Waals surface area contributed by atoms with Crippen LogP contribution in [-0.2, 0) is 37.0 Å². The Hall–Kier alpha value is -7.04. The number of fused-ring (bicyclic) bond motifs is 1. The van der Waals surface area contributed by atoms with Gasteiger partial charge in [0.1, 0.15) is 18.7 Å². The second-order valence-corrected chi connectivity index (χ2v) is 16.3. The maximum absolute atomic E-state index is 13.8. The number of carbonyl (C=O) groups excluding carboxylic acids is 6. The van der Waals surface area contributed by atoms with Gasteiger partial charge in [0.25, 0.3) is 11.8 Å². The SMILES string of the molecule is COc1cc(C2=CCCCc3c2ccc(OC)c3OCc2ccc(NC(=O)[C@H](CCCNC(N)=O)NC(=O)[C@@H](NC(=O)CCCCCN3C(=O)C=CC3=O)C(C)C)cc2)cc(OC)c1OC. The second-order valence-electron chi connectivity index (χ2n) is 16.3. The van der Waals surface area contributed by atoms with Crippen LogP contribution in [-0.4, -0.2) is 94.1 Å². The molecule has 354 valence electrons. The van der Waals surface area contributed by atoms with Gasteiger partial charge in [-0.2, -0.15) is 0 Å². The number of nitrogens with one attached hydrogen (secondary N) is 4. The lowest BCUT2D eigenvalue weighted by Gasteiger charge is -2.25. The lowest BCUT2D eigenvalue weighted by atomic mass is 9.92. The molecule has 1 heterocycles. The van der Waals surface area contributed by atoms with Gasteiger partial charge in [0, 0.05) is 42.9 Å². The first kappa shape index (κ1) is 50.0. The smallest absolute Gasteiger partial charge is 0.312 e. The minimum Gasteiger partial charge on any atom is -0.493 e. The quantitative estimate of drug-likeness (QED) is 0.0552. The number of primary amides is 1. The molecular weight excluding hydrogens is 849 g/mol. The van der Waals surface area contributed by atoms with Crippen LogP contribution >= 0.6 is 0 Å². The number of amides is 7. The van der Waals surface area contributed by atoms with Crippen molar-refractivity contribution in [2.75, 3.05) is 46.8 Å². The Labute approximate surface area is 385 Å². The van der Waals surface area contributed by atoms with E-state index in [0.29, 0.717) is 60.1 Å². The Balaban J connectivity index is 1.23. The zero-order valence-corrected chi connectivity index (χ0v) is 38.6. The minimum atomic E-state index is -1.02. The van der Waals surface area contributed by atoms with E-state index in [4.69, 9.17) is 29.4 Å². The zero-order valence-electron chi connectivity index (χ0n) is 38.6. The van der Waals surface area contributed by atoms with Crippen molar-refractivity contribution in [1.29, 1.82) is 0 Å². The molecule has 17 nitrogen and oxygen atoms in total. The largest absolute Gasteiger partial charge is 0.493 e. The Kier molecular flexibility index (Phi) is 18.4. The van der Waals surface area contributed by atoms with Crippen molar-refractivity contribution in [1.82, 2.24) is 20.9 Å². The molecule has 5 rings (SSSR count). The molecule has 1 aliphatic heterocycles. The number of carbonyl (C=O) groups is 6. The van der Waals surface area contributed by atoms with Crippen molar-refractivity contribution >= 4 is 46.8 Å². The van der Waals surface area contributed by atoms with Gasteiger partial charge in [-0.05, 0) is 103 Å². The number of methoxy groups -OCH3 is 4. The fraction of sp³-hybridized carbons (Fsp3) is 0.429. The highest BCUT2D eigenvalue weighted by Crippen LogP contribution is 2.45. The summed E-state index contributed by atoms with van der Waals surface area (Å²) in [6.45, 7) is 4.23. The summed E-state index contributed by atoms with van der Waals surface area (Å²) in [5, 5.41) is 11.0. The number of ether oxygens (including phenoxy) is 5. The van der Waals surface area contributed by atoms with Crippen LogP contribution in [0.1, 0.15) is 87.5 Å². The van der Waals surface area contributed by atoms with Crippen molar-refractivity contribution in [3.8, 4) is 28.7 Å². The third-order valence-electron chi connectivity index (χ3n) is 11.3. The molecule has 0 saturated heterocycles. The Morgan fingerprint density at radius 1 is 0.773 bits per heavy atom. The van der Waals surface area contributed by atoms with Crippen molar-refractivity contribution in [3.05, 3.63) is 89.0 Å². The number of hydrogen-bond acceptors (Lipinski definition) is 11. The summed E-state index contributed by atoms with van der Waals surface area (Å²) < 4.78 is 29.2. The molecule has 0 saturated carbocycles. The molecule has 17 heteroatoms. The van der Waals surface area contributed by atoms with E-state index in [0.717, 1.165) is 52.0 Å². The lowest BCUT2D eigenvalue weighted by molar-refractivity contribution is -0.137. The molecule has 0 aromatic heterocycles. The van der Waals surface area contributed by atoms with E-state index >= 15 is 0 Å². The van der Waals surface area contributed by atoms with E-state index in [2.05, 4.69) is 27.3 Å². The second kappa shape index (κ2) is 24.3. The van der Waals surface area contributed by atoms with Crippen molar-refractivity contribution in [2.45, 2.75) is 90.3 Å². The number of imide groups is 1. The van der Waals surface area contributed by atoms with Crippen LogP contribution in [0.15, 0.2) is 66.8 Å². The highest BCUT2D eigenvalue weighted by Gasteiger charge is 2.29. The van der Waals surface area contributed by atoms with Crippen LogP contribution in [0.25, 0.3) is 5.57 Å². The van der Waals surface area contributed by atoms with Crippen LogP contribution in [0.2, 0.25) is 0 Å². The van der Waals surface area contributed by atoms with Gasteiger partial charge in [0.2, 0.25) is 23.5 Å². The number of nitrogens with zero attached hydrogens (tertiary/aromatic N) is 1. The molecule has 66 heavy (non-hydrogen) atoms. The fourth-order valence-electron chi connectivity index (χ4n) is 7.85. The summed E-state index contributed by atoms with van der Waals surface area (Å²) >= 11 is 0. The van der Waals surface area contributed by atoms with E-state index in [1.807, 2.05) is 36.4 Å². The van der Waals surface area contributed by atoms with Crippen LogP contribution in [0.5, 0.6) is 28.7 Å². The normalized spacial score (nSPS) is 14.0. The molecule has 0 unspecified atom stereocenters. The predicted octanol–water partition coefficient (Wildman–Crippen LogP) is 5.57. The Morgan fingerprint density at radius 2 is 1.45 bits per heavy atom. The lowest BCUT2D eigenvalue weighted by Crippen LogP contribution is -2.54. The Morgan fingerprint density at radius 3 is 2.08 bits per heavy atom. The first-order valence-electron chi connectivity index (χ1n) is 22.2. The van der Waals surface area contributed by atoms with E-state index in [-0.39, 0.29) is 56.2 Å². The van der Waals surface area contributed by atoms with Crippen LogP contribution in [0.4, 0.5) is 10.5 Å². The molecule has 0 bridgehead atoms. The molecule has 0 spiro atoms. The summed E-state index contributed by atoms with van der Waals surface area (Å²) in [6, 6.07) is 12.3. The molecule has 6 N–H and O–H groups in total. The monoisotopic (exact) mass is 910 g/mol. The van der Waals surface area contributed by atoms with Gasteiger partial charge in [-0.15, -0.1) is 0 Å². The number of unbranched alkanes of at least 4 members (excludes halogenated alkanes) is 2. The number of anilines is 1. The highest BCUT2D eigenvalue weighted by molar-refractivity contribution is 6.12. The van der Waals surface area contributed by atoms with E-state index in [9.17, 15) is 28.8 Å². The summed E-state index contributed by atoms with van der Waals surface area (Å²) in [7, 11) is 6.36. The average molecular weight is 911 g/mol. The predicted molar refractivity (Wildman–Crippen MR) is 248 cm³/mol. The first-order chi connectivity index (χ1) is 31.8. The van der Waals surface area contributed by atoms with Crippen LogP contribution in [0.3, 0.4) is 0 Å². The number of hydrogen-bond donors (Lipinski definition) is 5. The maximum Gasteiger partial charge on any atom is 0.312 e. The van der Waals surface area contributed by atoms with Crippen molar-refractivity contribution < 1.29 is 52.5 Å². The highest BCUT2D eigenvalue weighted by atomic mass is 16.5. The summed E-state index contributed by atoms with van der Waals surface area (Å²) in [5.74, 6) is 0.482. The molecular formula is C49H62N6O11. The van der Waals surface area contributed by atoms with E-state index < -0.39 is 29.9 Å². The summed E-state index contributed by atoms with van der Waals surface area (Å²) in [5.41, 5.74) is 10.5. The van der Waals surface area contributed by atoms with Crippen LogP contribution in [0, 0.1) is 5.92 Å². The van der Waals surface area contributed by atoms with Gasteiger partial charge < -0.3 is 50.7 Å². The van der Waals surface area contributed by atoms with Gasteiger partial charge in [0.15, 0.2) is 23.0 Å². The standard InChI is InChI=1S/C49H62N6O11/c1-30(2)44(54-41(56)16-8-7-11-26-55-42(57)23-24-43(55)58)48(60)53-37(15-12-25-51-49(50)61)47(59)52-33-19-17-31(18-20-33)29-66-45-36-14-10-9-13-34(35(36)21-22-38(45)62-3)32-27-39(63-4)46(65-6)40(28-32)64-5/h13,17-24,27-28,30,37,44H,7-12,14-16,25-26,29H2,1-6H3,(H,52,59)(H,53,60)(H,54,56)(H3,50,51,61)/t37-,44-/m0/s1. The molecule has 0 radical (unpaired) electrons. The first-order valence-corrected chi connectivity index (χ1v) is 22.2. The van der Waals surface area contributed by atoms with E-state index in [1.165, 1.54) is 12.2 Å². The average Bonchev–Trinajstić information content (AvgIpc) is 3.47. The third-order valence-corrected chi connectivity index (χ3v) is 11.3. The van der Waals surface area contributed by atoms with Gasteiger partial charge in [-0.25, -0.2) is 4.79 Å². The molecule has 3 aromatic carbocycles. The molecule has 3 aromatic rings. The number of benzene rings is 3. The Bertz CT molecular complexity index is 2250. The van der Waals surface area contributed by atoms with Crippen molar-refractivity contribution in [3.63, 3.8) is 0 Å².